The van der Waals surface area contributed by atoms with Gasteiger partial charge in [0.25, 0.3) is 5.56 Å². The summed E-state index contributed by atoms with van der Waals surface area (Å²) >= 11 is 0. The Balaban J connectivity index is 2.02. The number of rotatable bonds is 12. The highest BCUT2D eigenvalue weighted by Crippen LogP contribution is 2.16. The largest absolute Gasteiger partial charge is 0.480 e. The number of para-hydroxylation sites is 1. The molecule has 0 spiro atoms. The molecule has 1 heterocycles. The first kappa shape index (κ1) is 29.3. The van der Waals surface area contributed by atoms with Gasteiger partial charge >= 0.3 is 11.7 Å². The van der Waals surface area contributed by atoms with Crippen LogP contribution in [0.1, 0.15) is 52.1 Å². The smallest absolute Gasteiger partial charge is 0.329 e. The Morgan fingerprint density at radius 1 is 0.923 bits per heavy atom. The molecule has 3 aromatic rings. The minimum atomic E-state index is -1.26. The highest BCUT2D eigenvalue weighted by molar-refractivity contribution is 5.91. The van der Waals surface area contributed by atoms with E-state index in [0.29, 0.717) is 17.5 Å². The van der Waals surface area contributed by atoms with Crippen LogP contribution in [0.3, 0.4) is 0 Å². The van der Waals surface area contributed by atoms with Crippen molar-refractivity contribution >= 4 is 28.7 Å². The van der Waals surface area contributed by atoms with Crippen molar-refractivity contribution in [2.45, 2.75) is 65.1 Å². The van der Waals surface area contributed by atoms with Gasteiger partial charge in [-0.25, -0.2) is 14.2 Å². The SMILES string of the molecule is CC[C@H](C)[C@H](NC(=O)[C@H](CC(C)C)NC(=O)[C@H](Cc1ccccc1)n1c(=O)[nH]c2ccccc2c1=O)C(=O)O. The van der Waals surface area contributed by atoms with Crippen LogP contribution >= 0.6 is 0 Å². The van der Waals surface area contributed by atoms with Crippen molar-refractivity contribution in [2.24, 2.45) is 11.8 Å². The number of aromatic nitrogens is 2. The number of nitrogens with one attached hydrogen (secondary N) is 3. The number of hydrogen-bond acceptors (Lipinski definition) is 5. The van der Waals surface area contributed by atoms with Gasteiger partial charge in [-0.3, -0.25) is 14.4 Å². The summed E-state index contributed by atoms with van der Waals surface area (Å²) in [6.07, 6.45) is 0.783. The summed E-state index contributed by atoms with van der Waals surface area (Å²) in [4.78, 5) is 68.0. The Morgan fingerprint density at radius 2 is 1.56 bits per heavy atom. The topological polar surface area (TPSA) is 150 Å². The van der Waals surface area contributed by atoms with Gasteiger partial charge in [-0.2, -0.15) is 0 Å². The molecule has 10 nitrogen and oxygen atoms in total. The molecular weight excluding hydrogens is 500 g/mol. The number of nitrogens with zero attached hydrogens (tertiary/aromatic N) is 1. The quantitative estimate of drug-likeness (QED) is 0.279. The zero-order valence-electron chi connectivity index (χ0n) is 22.6. The fourth-order valence-corrected chi connectivity index (χ4v) is 4.51. The number of H-pyrrole nitrogens is 1. The molecule has 0 fully saturated rings. The monoisotopic (exact) mass is 536 g/mol. The number of hydrogen-bond donors (Lipinski definition) is 4. The summed E-state index contributed by atoms with van der Waals surface area (Å²) in [5.74, 6) is -2.85. The molecule has 0 unspecified atom stereocenters. The lowest BCUT2D eigenvalue weighted by Gasteiger charge is -2.27. The maximum atomic E-state index is 13.8. The van der Waals surface area contributed by atoms with Gasteiger partial charge in [0, 0.05) is 6.42 Å². The highest BCUT2D eigenvalue weighted by Gasteiger charge is 2.33. The van der Waals surface area contributed by atoms with Gasteiger partial charge in [0.15, 0.2) is 0 Å². The van der Waals surface area contributed by atoms with Crippen LogP contribution in [0.2, 0.25) is 0 Å². The third-order valence-electron chi connectivity index (χ3n) is 6.84. The predicted octanol–water partition coefficient (Wildman–Crippen LogP) is 2.62. The number of benzene rings is 2. The van der Waals surface area contributed by atoms with E-state index in [1.807, 2.05) is 26.8 Å². The molecule has 0 aliphatic rings. The molecule has 4 atom stereocenters. The van der Waals surface area contributed by atoms with Crippen molar-refractivity contribution in [2.75, 3.05) is 0 Å². The number of carboxylic acid groups (broad SMARTS) is 1. The first-order valence-electron chi connectivity index (χ1n) is 13.1. The number of fused-ring (bicyclic) bond motifs is 1. The molecule has 10 heteroatoms. The van der Waals surface area contributed by atoms with Gasteiger partial charge in [0.1, 0.15) is 18.1 Å². The van der Waals surface area contributed by atoms with Crippen molar-refractivity contribution in [1.29, 1.82) is 0 Å². The fraction of sp³-hybridized carbons (Fsp3) is 0.414. The zero-order chi connectivity index (χ0) is 28.7. The van der Waals surface area contributed by atoms with Gasteiger partial charge in [-0.05, 0) is 36.0 Å². The first-order chi connectivity index (χ1) is 18.5. The maximum absolute atomic E-state index is 13.8. The fourth-order valence-electron chi connectivity index (χ4n) is 4.51. The minimum Gasteiger partial charge on any atom is -0.480 e. The van der Waals surface area contributed by atoms with Crippen LogP contribution in [-0.2, 0) is 20.8 Å². The second-order valence-corrected chi connectivity index (χ2v) is 10.3. The third-order valence-corrected chi connectivity index (χ3v) is 6.84. The lowest BCUT2D eigenvalue weighted by Crippen LogP contribution is -2.55. The molecule has 0 radical (unpaired) electrons. The standard InChI is InChI=1S/C29H36N4O6/c1-5-18(4)24(28(37)38)32-25(34)22(15-17(2)3)30-26(35)23(16-19-11-7-6-8-12-19)33-27(36)20-13-9-10-14-21(20)31-29(33)39/h6-14,17-18,22-24H,5,15-16H2,1-4H3,(H,30,35)(H,31,39)(H,32,34)(H,37,38)/t18-,22-,23-,24-/m0/s1. The Bertz CT molecular complexity index is 1430. The van der Waals surface area contributed by atoms with Crippen LogP contribution in [0, 0.1) is 11.8 Å². The van der Waals surface area contributed by atoms with E-state index in [1.165, 1.54) is 0 Å². The third kappa shape index (κ3) is 7.22. The summed E-state index contributed by atoms with van der Waals surface area (Å²) in [7, 11) is 0. The Kier molecular flexibility index (Phi) is 9.81. The van der Waals surface area contributed by atoms with Gasteiger partial charge < -0.3 is 20.7 Å². The molecule has 0 aliphatic carbocycles. The summed E-state index contributed by atoms with van der Waals surface area (Å²) in [6, 6.07) is 12.0. The summed E-state index contributed by atoms with van der Waals surface area (Å²) in [5, 5.41) is 15.2. The molecule has 2 aromatic carbocycles. The predicted molar refractivity (Wildman–Crippen MR) is 148 cm³/mol. The van der Waals surface area contributed by atoms with E-state index >= 15 is 0 Å². The van der Waals surface area contributed by atoms with E-state index in [0.717, 1.165) is 4.57 Å². The molecule has 208 valence electrons. The summed E-state index contributed by atoms with van der Waals surface area (Å²) in [5.41, 5.74) is -0.311. The lowest BCUT2D eigenvalue weighted by atomic mass is 9.97. The van der Waals surface area contributed by atoms with Crippen molar-refractivity contribution in [3.8, 4) is 0 Å². The number of carbonyl (C=O) groups excluding carboxylic acids is 2. The molecule has 39 heavy (non-hydrogen) atoms. The van der Waals surface area contributed by atoms with Crippen molar-refractivity contribution < 1.29 is 19.5 Å². The van der Waals surface area contributed by atoms with Crippen molar-refractivity contribution in [3.63, 3.8) is 0 Å². The lowest BCUT2D eigenvalue weighted by molar-refractivity contribution is -0.143. The molecule has 0 bridgehead atoms. The Morgan fingerprint density at radius 3 is 2.18 bits per heavy atom. The number of aliphatic carboxylic acids is 1. The second kappa shape index (κ2) is 13.0. The van der Waals surface area contributed by atoms with Crippen LogP contribution in [0.4, 0.5) is 0 Å². The molecule has 2 amide bonds. The van der Waals surface area contributed by atoms with Crippen LogP contribution in [-0.4, -0.2) is 44.5 Å². The van der Waals surface area contributed by atoms with Crippen LogP contribution < -0.4 is 21.9 Å². The molecular formula is C29H36N4O6. The minimum absolute atomic E-state index is 0.0210. The summed E-state index contributed by atoms with van der Waals surface area (Å²) < 4.78 is 0.883. The molecule has 0 aliphatic heterocycles. The second-order valence-electron chi connectivity index (χ2n) is 10.3. The zero-order valence-corrected chi connectivity index (χ0v) is 22.6. The van der Waals surface area contributed by atoms with E-state index in [2.05, 4.69) is 15.6 Å². The average molecular weight is 537 g/mol. The van der Waals surface area contributed by atoms with Gasteiger partial charge in [0.2, 0.25) is 11.8 Å². The van der Waals surface area contributed by atoms with E-state index < -0.39 is 47.2 Å². The van der Waals surface area contributed by atoms with Crippen LogP contribution in [0.5, 0.6) is 0 Å². The highest BCUT2D eigenvalue weighted by atomic mass is 16.4. The number of carboxylic acids is 1. The maximum Gasteiger partial charge on any atom is 0.329 e. The first-order valence-corrected chi connectivity index (χ1v) is 13.1. The number of aromatic amines is 1. The molecule has 3 rings (SSSR count). The van der Waals surface area contributed by atoms with Crippen LogP contribution in [0.25, 0.3) is 10.9 Å². The van der Waals surface area contributed by atoms with Crippen LogP contribution in [0.15, 0.2) is 64.2 Å². The van der Waals surface area contributed by atoms with Gasteiger partial charge in [0.05, 0.1) is 10.9 Å². The number of amides is 2. The van der Waals surface area contributed by atoms with Gasteiger partial charge in [-0.15, -0.1) is 0 Å². The summed E-state index contributed by atoms with van der Waals surface area (Å²) in [6.45, 7) is 7.29. The molecule has 0 saturated heterocycles. The van der Waals surface area contributed by atoms with Crippen molar-refractivity contribution in [3.05, 3.63) is 81.0 Å². The normalized spacial score (nSPS) is 14.4. The van der Waals surface area contributed by atoms with E-state index in [4.69, 9.17) is 0 Å². The number of carbonyl (C=O) groups is 3. The molecule has 0 saturated carbocycles. The average Bonchev–Trinajstić information content (AvgIpc) is 2.90. The van der Waals surface area contributed by atoms with E-state index in [9.17, 15) is 29.1 Å². The van der Waals surface area contributed by atoms with E-state index in [-0.39, 0.29) is 30.1 Å². The molecule has 4 N–H and O–H groups in total. The Hall–Kier alpha value is -4.21. The van der Waals surface area contributed by atoms with Gasteiger partial charge in [-0.1, -0.05) is 76.6 Å². The Labute approximate surface area is 226 Å². The van der Waals surface area contributed by atoms with Crippen molar-refractivity contribution in [1.82, 2.24) is 20.2 Å². The van der Waals surface area contributed by atoms with E-state index in [1.54, 1.807) is 55.5 Å². The molecule has 1 aromatic heterocycles.